The maximum absolute atomic E-state index is 12.2. The number of nitrogens with zero attached hydrogens (tertiary/aromatic N) is 4. The first-order valence-electron chi connectivity index (χ1n) is 8.45. The van der Waals surface area contributed by atoms with Gasteiger partial charge in [0.1, 0.15) is 5.82 Å². The van der Waals surface area contributed by atoms with Gasteiger partial charge in [-0.1, -0.05) is 17.8 Å². The van der Waals surface area contributed by atoms with Crippen molar-refractivity contribution in [1.82, 2.24) is 25.0 Å². The molecule has 8 heteroatoms. The molecule has 2 aliphatic heterocycles. The summed E-state index contributed by atoms with van der Waals surface area (Å²) in [6, 6.07) is 0. The van der Waals surface area contributed by atoms with E-state index in [-0.39, 0.29) is 18.3 Å². The predicted octanol–water partition coefficient (Wildman–Crippen LogP) is 2.07. The molecule has 6 nitrogen and oxygen atoms in total. The molecule has 1 N–H and O–H groups in total. The third-order valence-electron chi connectivity index (χ3n) is 4.54. The zero-order valence-corrected chi connectivity index (χ0v) is 15.6. The van der Waals surface area contributed by atoms with Crippen LogP contribution >= 0.6 is 24.2 Å². The van der Waals surface area contributed by atoms with Gasteiger partial charge >= 0.3 is 0 Å². The molecule has 2 fully saturated rings. The first kappa shape index (κ1) is 19.3. The molecule has 0 bridgehead atoms. The fourth-order valence-corrected chi connectivity index (χ4v) is 4.13. The fraction of sp³-hybridized carbons (Fsp3) is 0.688. The molecule has 2 aliphatic rings. The van der Waals surface area contributed by atoms with Crippen LogP contribution in [0.4, 0.5) is 0 Å². The highest BCUT2D eigenvalue weighted by Gasteiger charge is 2.24. The Hall–Kier alpha value is -1.05. The van der Waals surface area contributed by atoms with Crippen LogP contribution in [0.3, 0.4) is 0 Å². The van der Waals surface area contributed by atoms with Crippen molar-refractivity contribution < 1.29 is 4.79 Å². The van der Waals surface area contributed by atoms with Crippen LogP contribution in [0.15, 0.2) is 17.8 Å². The Morgan fingerprint density at radius 2 is 2.00 bits per heavy atom. The molecule has 3 rings (SSSR count). The molecular weight excluding hydrogens is 346 g/mol. The van der Waals surface area contributed by atoms with Crippen LogP contribution in [0.25, 0.3) is 0 Å². The number of halogens is 1. The maximum Gasteiger partial charge on any atom is 0.233 e. The normalized spacial score (nSPS) is 18.4. The second-order valence-electron chi connectivity index (χ2n) is 6.14. The Kier molecular flexibility index (Phi) is 7.58. The number of aromatic nitrogens is 3. The van der Waals surface area contributed by atoms with Gasteiger partial charge < -0.3 is 14.8 Å². The number of allylic oxidation sites excluding steroid dienone is 1. The first-order chi connectivity index (χ1) is 11.3. The van der Waals surface area contributed by atoms with E-state index in [0.717, 1.165) is 62.8 Å². The molecule has 134 valence electrons. The number of amides is 1. The lowest BCUT2D eigenvalue weighted by molar-refractivity contribution is -0.127. The predicted molar refractivity (Wildman–Crippen MR) is 98.8 cm³/mol. The zero-order valence-electron chi connectivity index (χ0n) is 13.9. The summed E-state index contributed by atoms with van der Waals surface area (Å²) < 4.78 is 2.13. The number of carbonyl (C=O) groups excluding carboxylic acids is 1. The van der Waals surface area contributed by atoms with Gasteiger partial charge in [0.05, 0.1) is 5.75 Å². The molecule has 1 aromatic heterocycles. The summed E-state index contributed by atoms with van der Waals surface area (Å²) >= 11 is 1.50. The van der Waals surface area contributed by atoms with Crippen molar-refractivity contribution in [3.63, 3.8) is 0 Å². The van der Waals surface area contributed by atoms with E-state index >= 15 is 0 Å². The number of thioether (sulfide) groups is 1. The number of rotatable bonds is 6. The van der Waals surface area contributed by atoms with Gasteiger partial charge in [0, 0.05) is 25.6 Å². The number of piperidine rings is 1. The van der Waals surface area contributed by atoms with E-state index in [1.54, 1.807) is 0 Å². The zero-order chi connectivity index (χ0) is 16.1. The van der Waals surface area contributed by atoms with Gasteiger partial charge in [-0.3, -0.25) is 4.79 Å². The molecule has 1 aromatic rings. The van der Waals surface area contributed by atoms with Gasteiger partial charge in [-0.25, -0.2) is 0 Å². The SMILES string of the molecule is C=CCn1c(SCC(=O)N2CCCC2)nnc1C1CCNCC1.Cl. The molecule has 0 aromatic carbocycles. The molecule has 0 atom stereocenters. The minimum absolute atomic E-state index is 0. The lowest BCUT2D eigenvalue weighted by atomic mass is 9.97. The van der Waals surface area contributed by atoms with Gasteiger partial charge in [-0.2, -0.15) is 0 Å². The van der Waals surface area contributed by atoms with Crippen molar-refractivity contribution >= 4 is 30.1 Å². The smallest absolute Gasteiger partial charge is 0.233 e. The Bertz CT molecular complexity index is 553. The molecule has 2 saturated heterocycles. The highest BCUT2D eigenvalue weighted by atomic mass is 35.5. The second kappa shape index (κ2) is 9.44. The highest BCUT2D eigenvalue weighted by Crippen LogP contribution is 2.27. The van der Waals surface area contributed by atoms with Crippen LogP contribution in [-0.4, -0.2) is 57.5 Å². The lowest BCUT2D eigenvalue weighted by Crippen LogP contribution is -2.29. The summed E-state index contributed by atoms with van der Waals surface area (Å²) in [6.45, 7) is 8.41. The van der Waals surface area contributed by atoms with Crippen LogP contribution in [0.5, 0.6) is 0 Å². The Morgan fingerprint density at radius 3 is 2.67 bits per heavy atom. The summed E-state index contributed by atoms with van der Waals surface area (Å²) in [4.78, 5) is 14.2. The monoisotopic (exact) mass is 371 g/mol. The number of hydrogen-bond donors (Lipinski definition) is 1. The van der Waals surface area contributed by atoms with Crippen molar-refractivity contribution in [1.29, 1.82) is 0 Å². The summed E-state index contributed by atoms with van der Waals surface area (Å²) in [5.74, 6) is 2.15. The molecule has 3 heterocycles. The summed E-state index contributed by atoms with van der Waals surface area (Å²) in [5.41, 5.74) is 0. The van der Waals surface area contributed by atoms with Gasteiger partial charge in [-0.05, 0) is 38.8 Å². The molecule has 0 saturated carbocycles. The minimum atomic E-state index is 0. The third-order valence-corrected chi connectivity index (χ3v) is 5.50. The second-order valence-corrected chi connectivity index (χ2v) is 7.08. The van der Waals surface area contributed by atoms with E-state index in [4.69, 9.17) is 0 Å². The van der Waals surface area contributed by atoms with Gasteiger partial charge in [0.2, 0.25) is 5.91 Å². The Morgan fingerprint density at radius 1 is 1.29 bits per heavy atom. The molecule has 0 unspecified atom stereocenters. The molecule has 0 radical (unpaired) electrons. The lowest BCUT2D eigenvalue weighted by Gasteiger charge is -2.22. The van der Waals surface area contributed by atoms with Gasteiger partial charge in [0.25, 0.3) is 0 Å². The van der Waals surface area contributed by atoms with Crippen molar-refractivity contribution in [3.8, 4) is 0 Å². The van der Waals surface area contributed by atoms with Crippen LogP contribution in [0.1, 0.15) is 37.4 Å². The van der Waals surface area contributed by atoms with E-state index in [1.807, 2.05) is 11.0 Å². The first-order valence-corrected chi connectivity index (χ1v) is 9.43. The number of likely N-dealkylation sites (tertiary alicyclic amines) is 1. The molecule has 0 aliphatic carbocycles. The third kappa shape index (κ3) is 4.52. The minimum Gasteiger partial charge on any atom is -0.342 e. The van der Waals surface area contributed by atoms with E-state index in [9.17, 15) is 4.79 Å². The number of hydrogen-bond acceptors (Lipinski definition) is 5. The van der Waals surface area contributed by atoms with Crippen molar-refractivity contribution in [3.05, 3.63) is 18.5 Å². The van der Waals surface area contributed by atoms with Crippen LogP contribution in [-0.2, 0) is 11.3 Å². The van der Waals surface area contributed by atoms with Crippen molar-refractivity contribution in [2.24, 2.45) is 0 Å². The quantitative estimate of drug-likeness (QED) is 0.612. The molecular formula is C16H26ClN5OS. The molecule has 0 spiro atoms. The van der Waals surface area contributed by atoms with Crippen molar-refractivity contribution in [2.45, 2.75) is 43.3 Å². The number of nitrogens with one attached hydrogen (secondary N) is 1. The number of carbonyl (C=O) groups is 1. The van der Waals surface area contributed by atoms with Crippen molar-refractivity contribution in [2.75, 3.05) is 31.9 Å². The van der Waals surface area contributed by atoms with Crippen LogP contribution in [0.2, 0.25) is 0 Å². The topological polar surface area (TPSA) is 63.1 Å². The summed E-state index contributed by atoms with van der Waals surface area (Å²) in [7, 11) is 0. The van der Waals surface area contributed by atoms with E-state index in [0.29, 0.717) is 18.2 Å². The Balaban J connectivity index is 0.00000208. The standard InChI is InChI=1S/C16H25N5OS.ClH/c1-2-9-21-15(13-5-7-17-8-6-13)18-19-16(21)23-12-14(22)20-10-3-4-11-20;/h2,13,17H,1,3-12H2;1H. The van der Waals surface area contributed by atoms with E-state index < -0.39 is 0 Å². The van der Waals surface area contributed by atoms with E-state index in [1.165, 1.54) is 11.8 Å². The fourth-order valence-electron chi connectivity index (χ4n) is 3.27. The maximum atomic E-state index is 12.2. The highest BCUT2D eigenvalue weighted by molar-refractivity contribution is 7.99. The Labute approximate surface area is 153 Å². The van der Waals surface area contributed by atoms with E-state index in [2.05, 4.69) is 26.7 Å². The summed E-state index contributed by atoms with van der Waals surface area (Å²) in [5, 5.41) is 13.0. The molecule has 1 amide bonds. The van der Waals surface area contributed by atoms with Gasteiger partial charge in [-0.15, -0.1) is 29.2 Å². The van der Waals surface area contributed by atoms with Gasteiger partial charge in [0.15, 0.2) is 5.16 Å². The average Bonchev–Trinajstić information content (AvgIpc) is 3.24. The van der Waals surface area contributed by atoms with Crippen LogP contribution < -0.4 is 5.32 Å². The average molecular weight is 372 g/mol. The molecule has 24 heavy (non-hydrogen) atoms. The largest absolute Gasteiger partial charge is 0.342 e. The summed E-state index contributed by atoms with van der Waals surface area (Å²) in [6.07, 6.45) is 6.31. The van der Waals surface area contributed by atoms with Crippen LogP contribution in [0, 0.1) is 0 Å².